The van der Waals surface area contributed by atoms with Crippen LogP contribution in [-0.2, 0) is 0 Å². The summed E-state index contributed by atoms with van der Waals surface area (Å²) >= 11 is 5.95. The minimum absolute atomic E-state index is 0.300. The minimum Gasteiger partial charge on any atom is -0.303 e. The normalized spacial score (nSPS) is 34.1. The topological polar surface area (TPSA) is 59.5 Å². The highest BCUT2D eigenvalue weighted by atomic mass is 35.5. The maximum absolute atomic E-state index is 5.95. The molecule has 1 saturated carbocycles. The summed E-state index contributed by atoms with van der Waals surface area (Å²) in [5.41, 5.74) is 3.81. The molecule has 2 bridgehead atoms. The second-order valence-corrected chi connectivity index (χ2v) is 5.97. The molecule has 3 aliphatic rings. The molecular formula is C13H12ClN5. The van der Waals surface area contributed by atoms with Crippen molar-refractivity contribution in [2.75, 3.05) is 5.01 Å². The molecule has 6 heteroatoms. The number of hydrogen-bond donors (Lipinski definition) is 2. The summed E-state index contributed by atoms with van der Waals surface area (Å²) < 4.78 is 0. The van der Waals surface area contributed by atoms with E-state index in [1.807, 2.05) is 24.3 Å². The van der Waals surface area contributed by atoms with E-state index in [0.29, 0.717) is 23.9 Å². The smallest absolute Gasteiger partial charge is 0.104 e. The van der Waals surface area contributed by atoms with E-state index >= 15 is 0 Å². The maximum Gasteiger partial charge on any atom is 0.104 e. The lowest BCUT2D eigenvalue weighted by molar-refractivity contribution is 0.497. The van der Waals surface area contributed by atoms with E-state index in [2.05, 4.69) is 25.5 Å². The molecule has 1 aliphatic heterocycles. The number of benzene rings is 1. The number of halogens is 1. The molecule has 0 amide bonds. The van der Waals surface area contributed by atoms with Crippen molar-refractivity contribution in [1.82, 2.24) is 10.2 Å². The lowest BCUT2D eigenvalue weighted by Gasteiger charge is -2.31. The number of hydrogen-bond acceptors (Lipinski definition) is 3. The van der Waals surface area contributed by atoms with Crippen molar-refractivity contribution in [3.05, 3.63) is 40.7 Å². The van der Waals surface area contributed by atoms with E-state index in [1.165, 1.54) is 17.8 Å². The van der Waals surface area contributed by atoms with Crippen LogP contribution in [0.5, 0.6) is 0 Å². The molecule has 1 fully saturated rings. The van der Waals surface area contributed by atoms with Crippen molar-refractivity contribution < 1.29 is 0 Å². The fourth-order valence-electron chi connectivity index (χ4n) is 3.85. The Balaban J connectivity index is 1.56. The highest BCUT2D eigenvalue weighted by Crippen LogP contribution is 2.57. The van der Waals surface area contributed by atoms with E-state index in [0.717, 1.165) is 10.7 Å². The number of fused-ring (bicyclic) bond motifs is 8. The van der Waals surface area contributed by atoms with Gasteiger partial charge < -0.3 is 10.2 Å². The van der Waals surface area contributed by atoms with Crippen molar-refractivity contribution in [2.45, 2.75) is 30.3 Å². The summed E-state index contributed by atoms with van der Waals surface area (Å²) in [4.78, 5) is 0. The Bertz CT molecular complexity index is 670. The van der Waals surface area contributed by atoms with Crippen LogP contribution >= 0.6 is 11.6 Å². The SMILES string of the molecule is Clc1ccc(N2N=NC3C4CC(c5[nH][nH]c54)C32)cc1. The van der Waals surface area contributed by atoms with Gasteiger partial charge in [-0.2, -0.15) is 5.11 Å². The van der Waals surface area contributed by atoms with Gasteiger partial charge in [0.05, 0.1) is 23.1 Å². The second-order valence-electron chi connectivity index (χ2n) is 5.53. The van der Waals surface area contributed by atoms with Gasteiger partial charge in [-0.3, -0.25) is 0 Å². The van der Waals surface area contributed by atoms with Crippen molar-refractivity contribution in [1.29, 1.82) is 0 Å². The first kappa shape index (κ1) is 10.1. The number of anilines is 1. The summed E-state index contributed by atoms with van der Waals surface area (Å²) in [5.74, 6) is 1.05. The Morgan fingerprint density at radius 1 is 1.11 bits per heavy atom. The number of rotatable bonds is 1. The quantitative estimate of drug-likeness (QED) is 0.823. The van der Waals surface area contributed by atoms with Crippen molar-refractivity contribution in [3.63, 3.8) is 0 Å². The zero-order chi connectivity index (χ0) is 12.6. The average molecular weight is 274 g/mol. The molecule has 1 aromatic carbocycles. The summed E-state index contributed by atoms with van der Waals surface area (Å²) in [6.45, 7) is 0. The largest absolute Gasteiger partial charge is 0.303 e. The molecule has 0 spiro atoms. The maximum atomic E-state index is 5.95. The molecule has 4 atom stereocenters. The predicted molar refractivity (Wildman–Crippen MR) is 71.6 cm³/mol. The monoisotopic (exact) mass is 273 g/mol. The molecule has 5 rings (SSSR count). The standard InChI is InChI=1S/C13H12ClN5/c14-6-1-3-7(4-2-6)19-13-9-5-8(12(13)17-18-19)10-11(9)16-15-10/h1-4,8-9,12-13,15-16H,5H2. The summed E-state index contributed by atoms with van der Waals surface area (Å²) in [6.07, 6.45) is 1.18. The fraction of sp³-hybridized carbons (Fsp3) is 0.385. The zero-order valence-corrected chi connectivity index (χ0v) is 10.8. The third kappa shape index (κ3) is 1.12. The third-order valence-electron chi connectivity index (χ3n) is 4.70. The molecule has 4 unspecified atom stereocenters. The molecular weight excluding hydrogens is 262 g/mol. The summed E-state index contributed by atoms with van der Waals surface area (Å²) in [7, 11) is 0. The van der Waals surface area contributed by atoms with Gasteiger partial charge in [-0.05, 0) is 30.7 Å². The van der Waals surface area contributed by atoms with Crippen LogP contribution in [0, 0.1) is 0 Å². The highest BCUT2D eigenvalue weighted by Gasteiger charge is 2.58. The fourth-order valence-corrected chi connectivity index (χ4v) is 3.98. The lowest BCUT2D eigenvalue weighted by Crippen LogP contribution is -2.40. The van der Waals surface area contributed by atoms with Crippen LogP contribution < -0.4 is 5.01 Å². The van der Waals surface area contributed by atoms with Crippen LogP contribution in [-0.4, -0.2) is 22.3 Å². The van der Waals surface area contributed by atoms with E-state index in [-0.39, 0.29) is 0 Å². The molecule has 5 nitrogen and oxygen atoms in total. The third-order valence-corrected chi connectivity index (χ3v) is 4.95. The molecule has 2 heterocycles. The van der Waals surface area contributed by atoms with E-state index in [4.69, 9.17) is 11.6 Å². The van der Waals surface area contributed by atoms with Gasteiger partial charge in [0, 0.05) is 16.9 Å². The highest BCUT2D eigenvalue weighted by molar-refractivity contribution is 6.30. The Morgan fingerprint density at radius 2 is 1.84 bits per heavy atom. The molecule has 0 radical (unpaired) electrons. The Hall–Kier alpha value is -1.75. The zero-order valence-electron chi connectivity index (χ0n) is 10.0. The van der Waals surface area contributed by atoms with Gasteiger partial charge >= 0.3 is 0 Å². The Labute approximate surface area is 114 Å². The minimum atomic E-state index is 0.300. The van der Waals surface area contributed by atoms with Crippen LogP contribution in [0.1, 0.15) is 29.6 Å². The molecule has 2 aliphatic carbocycles. The van der Waals surface area contributed by atoms with Crippen LogP contribution in [0.15, 0.2) is 34.6 Å². The van der Waals surface area contributed by atoms with Gasteiger partial charge in [-0.15, -0.1) is 0 Å². The van der Waals surface area contributed by atoms with Gasteiger partial charge in [-0.1, -0.05) is 16.8 Å². The Kier molecular flexibility index (Phi) is 1.71. The predicted octanol–water partition coefficient (Wildman–Crippen LogP) is 3.21. The average Bonchev–Trinajstić information content (AvgIpc) is 2.98. The van der Waals surface area contributed by atoms with Gasteiger partial charge in [-0.25, -0.2) is 5.01 Å². The van der Waals surface area contributed by atoms with Crippen LogP contribution in [0.2, 0.25) is 5.02 Å². The van der Waals surface area contributed by atoms with Crippen LogP contribution in [0.25, 0.3) is 0 Å². The van der Waals surface area contributed by atoms with E-state index in [1.54, 1.807) is 0 Å². The first-order chi connectivity index (χ1) is 9.33. The van der Waals surface area contributed by atoms with Crippen molar-refractivity contribution in [3.8, 4) is 0 Å². The van der Waals surface area contributed by atoms with Crippen molar-refractivity contribution in [2.24, 2.45) is 10.3 Å². The van der Waals surface area contributed by atoms with Gasteiger partial charge in [0.1, 0.15) is 6.04 Å². The molecule has 2 N–H and O–H groups in total. The molecule has 19 heavy (non-hydrogen) atoms. The Morgan fingerprint density at radius 3 is 2.58 bits per heavy atom. The summed E-state index contributed by atoms with van der Waals surface area (Å²) in [6, 6.07) is 8.49. The second kappa shape index (κ2) is 3.22. The number of aromatic nitrogens is 2. The first-order valence-corrected chi connectivity index (χ1v) is 6.92. The number of H-pyrrole nitrogens is 2. The number of aromatic amines is 2. The number of nitrogens with zero attached hydrogens (tertiary/aromatic N) is 3. The number of nitrogens with one attached hydrogen (secondary N) is 2. The van der Waals surface area contributed by atoms with Gasteiger partial charge in [0.2, 0.25) is 0 Å². The summed E-state index contributed by atoms with van der Waals surface area (Å²) in [5, 5.41) is 18.1. The van der Waals surface area contributed by atoms with Gasteiger partial charge in [0.25, 0.3) is 0 Å². The van der Waals surface area contributed by atoms with Crippen LogP contribution in [0.3, 0.4) is 0 Å². The lowest BCUT2D eigenvalue weighted by atomic mass is 9.90. The first-order valence-electron chi connectivity index (χ1n) is 6.54. The van der Waals surface area contributed by atoms with E-state index in [9.17, 15) is 0 Å². The molecule has 0 saturated heterocycles. The van der Waals surface area contributed by atoms with Crippen molar-refractivity contribution >= 4 is 17.3 Å². The molecule has 96 valence electrons. The van der Waals surface area contributed by atoms with E-state index < -0.39 is 0 Å². The van der Waals surface area contributed by atoms with Gasteiger partial charge in [0.15, 0.2) is 0 Å². The van der Waals surface area contributed by atoms with Crippen LogP contribution in [0.4, 0.5) is 5.69 Å². The molecule has 2 aromatic rings. The molecule has 1 aromatic heterocycles.